The summed E-state index contributed by atoms with van der Waals surface area (Å²) in [6, 6.07) is 3.89. The van der Waals surface area contributed by atoms with Gasteiger partial charge in [0, 0.05) is 19.3 Å². The van der Waals surface area contributed by atoms with E-state index in [9.17, 15) is 4.79 Å². The quantitative estimate of drug-likeness (QED) is 0.803. The lowest BCUT2D eigenvalue weighted by Crippen LogP contribution is -2.34. The highest BCUT2D eigenvalue weighted by molar-refractivity contribution is 5.86. The Bertz CT molecular complexity index is 368. The van der Waals surface area contributed by atoms with Gasteiger partial charge in [0.15, 0.2) is 0 Å². The molecule has 2 heterocycles. The predicted molar refractivity (Wildman–Crippen MR) is 60.7 cm³/mol. The first-order chi connectivity index (χ1) is 8.29. The largest absolute Gasteiger partial charge is 0.463 e. The van der Waals surface area contributed by atoms with Gasteiger partial charge in [0.1, 0.15) is 5.76 Å². The maximum atomic E-state index is 11.2. The van der Waals surface area contributed by atoms with E-state index in [2.05, 4.69) is 10.1 Å². The Morgan fingerprint density at radius 2 is 2.24 bits per heavy atom. The van der Waals surface area contributed by atoms with Crippen LogP contribution >= 0.6 is 0 Å². The standard InChI is InChI=1S/C12H17NO4/c1-15-12(14)11-3-2-10(17-11)8-13-9-4-6-16-7-5-9/h2-3,9,13H,4-8H2,1H3. The first-order valence-corrected chi connectivity index (χ1v) is 5.78. The zero-order chi connectivity index (χ0) is 12.1. The molecule has 0 spiro atoms. The third kappa shape index (κ3) is 3.31. The smallest absolute Gasteiger partial charge is 0.373 e. The number of hydrogen-bond donors (Lipinski definition) is 1. The number of hydrogen-bond acceptors (Lipinski definition) is 5. The molecular weight excluding hydrogens is 222 g/mol. The van der Waals surface area contributed by atoms with Gasteiger partial charge in [-0.15, -0.1) is 0 Å². The molecule has 1 aromatic heterocycles. The fourth-order valence-corrected chi connectivity index (χ4v) is 1.83. The van der Waals surface area contributed by atoms with Crippen molar-refractivity contribution in [1.82, 2.24) is 5.32 Å². The van der Waals surface area contributed by atoms with E-state index in [1.54, 1.807) is 12.1 Å². The molecule has 0 atom stereocenters. The molecule has 94 valence electrons. The molecular formula is C12H17NO4. The number of furan rings is 1. The molecule has 0 saturated carbocycles. The summed E-state index contributed by atoms with van der Waals surface area (Å²) in [5.41, 5.74) is 0. The van der Waals surface area contributed by atoms with Crippen LogP contribution in [0.15, 0.2) is 16.5 Å². The van der Waals surface area contributed by atoms with Crippen LogP contribution in [0.2, 0.25) is 0 Å². The molecule has 1 aromatic rings. The van der Waals surface area contributed by atoms with Gasteiger partial charge in [0.05, 0.1) is 13.7 Å². The van der Waals surface area contributed by atoms with Crippen molar-refractivity contribution >= 4 is 5.97 Å². The fourth-order valence-electron chi connectivity index (χ4n) is 1.83. The molecule has 1 N–H and O–H groups in total. The van der Waals surface area contributed by atoms with Crippen molar-refractivity contribution in [3.05, 3.63) is 23.7 Å². The third-order valence-electron chi connectivity index (χ3n) is 2.83. The Kier molecular flexibility index (Phi) is 4.17. The van der Waals surface area contributed by atoms with Crippen molar-refractivity contribution < 1.29 is 18.7 Å². The molecule has 0 aromatic carbocycles. The van der Waals surface area contributed by atoms with Crippen LogP contribution in [0, 0.1) is 0 Å². The molecule has 5 heteroatoms. The van der Waals surface area contributed by atoms with Gasteiger partial charge in [-0.2, -0.15) is 0 Å². The second kappa shape index (κ2) is 5.84. The molecule has 0 unspecified atom stereocenters. The lowest BCUT2D eigenvalue weighted by molar-refractivity contribution is 0.0562. The van der Waals surface area contributed by atoms with E-state index < -0.39 is 5.97 Å². The van der Waals surface area contributed by atoms with Gasteiger partial charge in [-0.1, -0.05) is 0 Å². The average Bonchev–Trinajstić information content (AvgIpc) is 2.85. The van der Waals surface area contributed by atoms with Crippen molar-refractivity contribution in [2.45, 2.75) is 25.4 Å². The van der Waals surface area contributed by atoms with Gasteiger partial charge in [-0.25, -0.2) is 4.79 Å². The second-order valence-corrected chi connectivity index (χ2v) is 4.03. The third-order valence-corrected chi connectivity index (χ3v) is 2.83. The number of rotatable bonds is 4. The highest BCUT2D eigenvalue weighted by atomic mass is 16.5. The van der Waals surface area contributed by atoms with E-state index in [4.69, 9.17) is 9.15 Å². The zero-order valence-corrected chi connectivity index (χ0v) is 9.90. The van der Waals surface area contributed by atoms with E-state index in [0.717, 1.165) is 31.8 Å². The summed E-state index contributed by atoms with van der Waals surface area (Å²) < 4.78 is 15.2. The van der Waals surface area contributed by atoms with Gasteiger partial charge in [0.25, 0.3) is 0 Å². The van der Waals surface area contributed by atoms with Gasteiger partial charge in [-0.3, -0.25) is 0 Å². The molecule has 0 aliphatic carbocycles. The first-order valence-electron chi connectivity index (χ1n) is 5.78. The van der Waals surface area contributed by atoms with Gasteiger partial charge in [0.2, 0.25) is 5.76 Å². The van der Waals surface area contributed by atoms with Crippen molar-refractivity contribution in [3.63, 3.8) is 0 Å². The normalized spacial score (nSPS) is 17.0. The van der Waals surface area contributed by atoms with Gasteiger partial charge in [-0.05, 0) is 25.0 Å². The lowest BCUT2D eigenvalue weighted by atomic mass is 10.1. The van der Waals surface area contributed by atoms with Crippen LogP contribution in [-0.4, -0.2) is 32.3 Å². The van der Waals surface area contributed by atoms with Crippen molar-refractivity contribution in [2.24, 2.45) is 0 Å². The second-order valence-electron chi connectivity index (χ2n) is 4.03. The first kappa shape index (κ1) is 12.1. The number of esters is 1. The van der Waals surface area contributed by atoms with E-state index in [0.29, 0.717) is 12.6 Å². The Hall–Kier alpha value is -1.33. The summed E-state index contributed by atoms with van der Waals surface area (Å²) >= 11 is 0. The minimum absolute atomic E-state index is 0.247. The number of carbonyl (C=O) groups excluding carboxylic acids is 1. The van der Waals surface area contributed by atoms with E-state index in [-0.39, 0.29) is 5.76 Å². The summed E-state index contributed by atoms with van der Waals surface area (Å²) in [6.07, 6.45) is 2.04. The van der Waals surface area contributed by atoms with Crippen LogP contribution in [-0.2, 0) is 16.0 Å². The molecule has 1 aliphatic rings. The maximum absolute atomic E-state index is 11.2. The highest BCUT2D eigenvalue weighted by Crippen LogP contribution is 2.11. The molecule has 1 aliphatic heterocycles. The summed E-state index contributed by atoms with van der Waals surface area (Å²) in [7, 11) is 1.34. The number of nitrogens with one attached hydrogen (secondary N) is 1. The Morgan fingerprint density at radius 1 is 1.47 bits per heavy atom. The van der Waals surface area contributed by atoms with Crippen LogP contribution in [0.25, 0.3) is 0 Å². The molecule has 1 fully saturated rings. The molecule has 17 heavy (non-hydrogen) atoms. The zero-order valence-electron chi connectivity index (χ0n) is 9.90. The van der Waals surface area contributed by atoms with Crippen molar-refractivity contribution in [3.8, 4) is 0 Å². The van der Waals surface area contributed by atoms with Crippen LogP contribution in [0.3, 0.4) is 0 Å². The Morgan fingerprint density at radius 3 is 2.94 bits per heavy atom. The van der Waals surface area contributed by atoms with E-state index >= 15 is 0 Å². The van der Waals surface area contributed by atoms with E-state index in [1.165, 1.54) is 7.11 Å². The molecule has 0 bridgehead atoms. The van der Waals surface area contributed by atoms with Crippen LogP contribution in [0.1, 0.15) is 29.2 Å². The topological polar surface area (TPSA) is 60.7 Å². The molecule has 0 radical (unpaired) electrons. The average molecular weight is 239 g/mol. The van der Waals surface area contributed by atoms with Crippen LogP contribution in [0.4, 0.5) is 0 Å². The van der Waals surface area contributed by atoms with Crippen LogP contribution in [0.5, 0.6) is 0 Å². The maximum Gasteiger partial charge on any atom is 0.373 e. The number of carbonyl (C=O) groups is 1. The fraction of sp³-hybridized carbons (Fsp3) is 0.583. The number of methoxy groups -OCH3 is 1. The summed E-state index contributed by atoms with van der Waals surface area (Å²) in [6.45, 7) is 2.24. The Balaban J connectivity index is 1.82. The SMILES string of the molecule is COC(=O)c1ccc(CNC2CCOCC2)o1. The molecule has 1 saturated heterocycles. The Labute approximate surface area is 100 Å². The highest BCUT2D eigenvalue weighted by Gasteiger charge is 2.15. The molecule has 5 nitrogen and oxygen atoms in total. The molecule has 2 rings (SSSR count). The summed E-state index contributed by atoms with van der Waals surface area (Å²) in [4.78, 5) is 11.2. The molecule has 0 amide bonds. The summed E-state index contributed by atoms with van der Waals surface area (Å²) in [5, 5.41) is 3.38. The summed E-state index contributed by atoms with van der Waals surface area (Å²) in [5.74, 6) is 0.551. The van der Waals surface area contributed by atoms with Crippen molar-refractivity contribution in [2.75, 3.05) is 20.3 Å². The van der Waals surface area contributed by atoms with Gasteiger partial charge >= 0.3 is 5.97 Å². The van der Waals surface area contributed by atoms with Crippen LogP contribution < -0.4 is 5.32 Å². The van der Waals surface area contributed by atoms with Gasteiger partial charge < -0.3 is 19.2 Å². The minimum Gasteiger partial charge on any atom is -0.463 e. The lowest BCUT2D eigenvalue weighted by Gasteiger charge is -2.22. The van der Waals surface area contributed by atoms with Crippen molar-refractivity contribution in [1.29, 1.82) is 0 Å². The number of ether oxygens (including phenoxy) is 2. The minimum atomic E-state index is -0.442. The van der Waals surface area contributed by atoms with E-state index in [1.807, 2.05) is 0 Å². The predicted octanol–water partition coefficient (Wildman–Crippen LogP) is 1.33. The monoisotopic (exact) mass is 239 g/mol.